The molecule has 1 amide bonds. The van der Waals surface area contributed by atoms with Gasteiger partial charge >= 0.3 is 5.97 Å². The quantitative estimate of drug-likeness (QED) is 0.679. The number of carbonyl (C=O) groups is 2. The molecule has 20 heavy (non-hydrogen) atoms. The Morgan fingerprint density at radius 3 is 2.55 bits per heavy atom. The highest BCUT2D eigenvalue weighted by Crippen LogP contribution is 2.20. The maximum absolute atomic E-state index is 11.7. The number of carboxylic acids is 1. The molecule has 0 unspecified atom stereocenters. The monoisotopic (exact) mass is 279 g/mol. The Balaban J connectivity index is 2.68. The fourth-order valence-corrected chi connectivity index (χ4v) is 1.66. The zero-order valence-corrected chi connectivity index (χ0v) is 12.0. The summed E-state index contributed by atoms with van der Waals surface area (Å²) in [6.45, 7) is 4.87. The molecule has 0 spiro atoms. The molecular weight excluding hydrogens is 258 g/mol. The predicted octanol–water partition coefficient (Wildman–Crippen LogP) is 1.18. The zero-order valence-electron chi connectivity index (χ0n) is 12.0. The van der Waals surface area contributed by atoms with Crippen LogP contribution in [0.3, 0.4) is 0 Å². The maximum Gasteiger partial charge on any atom is 0.337 e. The van der Waals surface area contributed by atoms with Gasteiger partial charge in [-0.15, -0.1) is 0 Å². The highest BCUT2D eigenvalue weighted by Gasteiger charge is 2.12. The fourth-order valence-electron chi connectivity index (χ4n) is 1.66. The topological polar surface area (TPSA) is 95.7 Å². The molecule has 0 aliphatic carbocycles. The molecule has 0 aromatic heterocycles. The molecule has 0 atom stereocenters. The van der Waals surface area contributed by atoms with Crippen LogP contribution in [0.2, 0.25) is 0 Å². The van der Waals surface area contributed by atoms with Crippen molar-refractivity contribution in [2.45, 2.75) is 13.8 Å². The van der Waals surface area contributed by atoms with Crippen LogP contribution in [-0.2, 0) is 4.79 Å². The standard InChI is InChI=1S/C14H21N3O3/c1-9(2)7-16-13(18)8-17(3)10-4-5-11(14(19)20)12(15)6-10/h4-6,9H,7-8,15H2,1-3H3,(H,16,18)(H,19,20). The molecule has 110 valence electrons. The molecule has 1 aromatic carbocycles. The van der Waals surface area contributed by atoms with Crippen LogP contribution in [0.4, 0.5) is 11.4 Å². The van der Waals surface area contributed by atoms with E-state index in [0.717, 1.165) is 0 Å². The SMILES string of the molecule is CC(C)CNC(=O)CN(C)c1ccc(C(=O)O)c(N)c1. The van der Waals surface area contributed by atoms with Crippen LogP contribution in [0, 0.1) is 5.92 Å². The molecule has 0 saturated carbocycles. The van der Waals surface area contributed by atoms with Crippen molar-refractivity contribution in [1.82, 2.24) is 5.32 Å². The minimum atomic E-state index is -1.06. The van der Waals surface area contributed by atoms with E-state index >= 15 is 0 Å². The number of nitrogens with two attached hydrogens (primary N) is 1. The molecule has 0 radical (unpaired) electrons. The van der Waals surface area contributed by atoms with E-state index in [-0.39, 0.29) is 23.7 Å². The Labute approximate surface area is 118 Å². The van der Waals surface area contributed by atoms with Crippen LogP contribution < -0.4 is 16.0 Å². The Kier molecular flexibility index (Phi) is 5.37. The average molecular weight is 279 g/mol. The summed E-state index contributed by atoms with van der Waals surface area (Å²) in [5, 5.41) is 11.7. The number of anilines is 2. The van der Waals surface area contributed by atoms with E-state index in [9.17, 15) is 9.59 Å². The van der Waals surface area contributed by atoms with Gasteiger partial charge in [-0.3, -0.25) is 4.79 Å². The van der Waals surface area contributed by atoms with Crippen LogP contribution in [0.25, 0.3) is 0 Å². The van der Waals surface area contributed by atoms with Gasteiger partial charge in [0.2, 0.25) is 5.91 Å². The summed E-state index contributed by atoms with van der Waals surface area (Å²) in [4.78, 5) is 24.3. The lowest BCUT2D eigenvalue weighted by Crippen LogP contribution is -2.36. The highest BCUT2D eigenvalue weighted by atomic mass is 16.4. The number of aromatic carboxylic acids is 1. The first-order valence-corrected chi connectivity index (χ1v) is 6.42. The summed E-state index contributed by atoms with van der Waals surface area (Å²) < 4.78 is 0. The number of carboxylic acid groups (broad SMARTS) is 1. The molecule has 0 aliphatic heterocycles. The van der Waals surface area contributed by atoms with Gasteiger partial charge in [0.05, 0.1) is 12.1 Å². The van der Waals surface area contributed by atoms with Crippen LogP contribution in [0.1, 0.15) is 24.2 Å². The average Bonchev–Trinajstić information content (AvgIpc) is 2.35. The highest BCUT2D eigenvalue weighted by molar-refractivity contribution is 5.94. The molecule has 0 heterocycles. The Morgan fingerprint density at radius 2 is 2.05 bits per heavy atom. The second kappa shape index (κ2) is 6.79. The lowest BCUT2D eigenvalue weighted by molar-refractivity contribution is -0.119. The first kappa shape index (κ1) is 15.8. The maximum atomic E-state index is 11.7. The van der Waals surface area contributed by atoms with E-state index in [1.54, 1.807) is 24.1 Å². The van der Waals surface area contributed by atoms with Crippen LogP contribution in [-0.4, -0.2) is 37.1 Å². The van der Waals surface area contributed by atoms with Gasteiger partial charge in [-0.1, -0.05) is 13.8 Å². The van der Waals surface area contributed by atoms with Gasteiger partial charge in [0.25, 0.3) is 0 Å². The van der Waals surface area contributed by atoms with Crippen molar-refractivity contribution in [3.05, 3.63) is 23.8 Å². The molecule has 0 aliphatic rings. The number of likely N-dealkylation sites (N-methyl/N-ethyl adjacent to an activating group) is 1. The lowest BCUT2D eigenvalue weighted by atomic mass is 10.1. The largest absolute Gasteiger partial charge is 0.478 e. The number of nitrogens with one attached hydrogen (secondary N) is 1. The van der Waals surface area contributed by atoms with Gasteiger partial charge in [-0.25, -0.2) is 4.79 Å². The normalized spacial score (nSPS) is 10.4. The molecule has 4 N–H and O–H groups in total. The summed E-state index contributed by atoms with van der Waals surface area (Å²) in [5.41, 5.74) is 6.63. The number of hydrogen-bond donors (Lipinski definition) is 3. The Hall–Kier alpha value is -2.24. The van der Waals surface area contributed by atoms with Gasteiger partial charge in [-0.2, -0.15) is 0 Å². The fraction of sp³-hybridized carbons (Fsp3) is 0.429. The van der Waals surface area contributed by atoms with Crippen LogP contribution >= 0.6 is 0 Å². The molecule has 0 bridgehead atoms. The van der Waals surface area contributed by atoms with Crippen molar-refractivity contribution in [1.29, 1.82) is 0 Å². The van der Waals surface area contributed by atoms with Crippen molar-refractivity contribution in [2.75, 3.05) is 30.8 Å². The summed E-state index contributed by atoms with van der Waals surface area (Å²) in [7, 11) is 1.75. The summed E-state index contributed by atoms with van der Waals surface area (Å²) >= 11 is 0. The van der Waals surface area contributed by atoms with E-state index in [1.807, 2.05) is 13.8 Å². The molecule has 0 fully saturated rings. The Bertz CT molecular complexity index is 500. The first-order chi connectivity index (χ1) is 9.31. The van der Waals surface area contributed by atoms with E-state index in [0.29, 0.717) is 18.2 Å². The zero-order chi connectivity index (χ0) is 15.3. The third-order valence-corrected chi connectivity index (χ3v) is 2.79. The lowest BCUT2D eigenvalue weighted by Gasteiger charge is -2.20. The van der Waals surface area contributed by atoms with Crippen LogP contribution in [0.15, 0.2) is 18.2 Å². The second-order valence-electron chi connectivity index (χ2n) is 5.13. The molecule has 1 aromatic rings. The van der Waals surface area contributed by atoms with Crippen molar-refractivity contribution in [2.24, 2.45) is 5.92 Å². The molecular formula is C14H21N3O3. The third kappa shape index (κ3) is 4.46. The Morgan fingerprint density at radius 1 is 1.40 bits per heavy atom. The first-order valence-electron chi connectivity index (χ1n) is 6.42. The number of amides is 1. The number of nitrogens with zero attached hydrogens (tertiary/aromatic N) is 1. The number of carbonyl (C=O) groups excluding carboxylic acids is 1. The summed E-state index contributed by atoms with van der Waals surface area (Å²) in [6.07, 6.45) is 0. The van der Waals surface area contributed by atoms with Gasteiger partial charge in [0.15, 0.2) is 0 Å². The van der Waals surface area contributed by atoms with E-state index in [1.165, 1.54) is 6.07 Å². The van der Waals surface area contributed by atoms with E-state index in [4.69, 9.17) is 10.8 Å². The predicted molar refractivity (Wildman–Crippen MR) is 78.9 cm³/mol. The molecule has 1 rings (SSSR count). The molecule has 6 nitrogen and oxygen atoms in total. The summed E-state index contributed by atoms with van der Waals surface area (Å²) in [5.74, 6) is -0.747. The number of benzene rings is 1. The minimum absolute atomic E-state index is 0.0615. The van der Waals surface area contributed by atoms with E-state index in [2.05, 4.69) is 5.32 Å². The molecule has 6 heteroatoms. The third-order valence-electron chi connectivity index (χ3n) is 2.79. The van der Waals surface area contributed by atoms with Gasteiger partial charge in [0.1, 0.15) is 0 Å². The number of nitrogen functional groups attached to an aromatic ring is 1. The minimum Gasteiger partial charge on any atom is -0.478 e. The van der Waals surface area contributed by atoms with E-state index < -0.39 is 5.97 Å². The molecule has 0 saturated heterocycles. The van der Waals surface area contributed by atoms with Crippen molar-refractivity contribution >= 4 is 23.3 Å². The van der Waals surface area contributed by atoms with Gasteiger partial charge in [-0.05, 0) is 24.1 Å². The van der Waals surface area contributed by atoms with Crippen LogP contribution in [0.5, 0.6) is 0 Å². The van der Waals surface area contributed by atoms with Crippen molar-refractivity contribution in [3.63, 3.8) is 0 Å². The van der Waals surface area contributed by atoms with Gasteiger partial charge in [0, 0.05) is 25.0 Å². The van der Waals surface area contributed by atoms with Gasteiger partial charge < -0.3 is 21.1 Å². The summed E-state index contributed by atoms with van der Waals surface area (Å²) in [6, 6.07) is 4.63. The number of hydrogen-bond acceptors (Lipinski definition) is 4. The number of rotatable bonds is 6. The van der Waals surface area contributed by atoms with Crippen molar-refractivity contribution in [3.8, 4) is 0 Å². The van der Waals surface area contributed by atoms with Crippen molar-refractivity contribution < 1.29 is 14.7 Å². The second-order valence-corrected chi connectivity index (χ2v) is 5.13. The smallest absolute Gasteiger partial charge is 0.337 e.